The molecule has 3 aromatic rings. The molecule has 0 atom stereocenters. The van der Waals surface area contributed by atoms with Gasteiger partial charge in [0.25, 0.3) is 0 Å². The van der Waals surface area contributed by atoms with Crippen LogP contribution >= 0.6 is 11.6 Å². The van der Waals surface area contributed by atoms with Crippen LogP contribution in [0.25, 0.3) is 11.5 Å². The summed E-state index contributed by atoms with van der Waals surface area (Å²) in [6.07, 6.45) is 3.70. The van der Waals surface area contributed by atoms with Gasteiger partial charge in [-0.3, -0.25) is 4.90 Å². The number of phenols is 1. The largest absolute Gasteiger partial charge is 0.508 e. The Balaban J connectivity index is 1.55. The highest BCUT2D eigenvalue weighted by Crippen LogP contribution is 2.25. The Hall–Kier alpha value is -2.38. The first-order chi connectivity index (χ1) is 11.6. The Morgan fingerprint density at radius 1 is 1.25 bits per heavy atom. The smallest absolute Gasteiger partial charge is 0.184 e. The number of imidazole rings is 1. The predicted molar refractivity (Wildman–Crippen MR) is 89.5 cm³/mol. The number of aromatic hydroxyl groups is 1. The van der Waals surface area contributed by atoms with Crippen LogP contribution in [0.1, 0.15) is 11.4 Å². The Morgan fingerprint density at radius 2 is 2.12 bits per heavy atom. The summed E-state index contributed by atoms with van der Waals surface area (Å²) in [5, 5.41) is 18.9. The van der Waals surface area contributed by atoms with Gasteiger partial charge in [0.1, 0.15) is 17.3 Å². The Labute approximate surface area is 144 Å². The van der Waals surface area contributed by atoms with Crippen LogP contribution in [0.3, 0.4) is 0 Å². The van der Waals surface area contributed by atoms with Gasteiger partial charge in [-0.05, 0) is 23.8 Å². The molecule has 0 saturated carbocycles. The van der Waals surface area contributed by atoms with Crippen LogP contribution in [-0.2, 0) is 26.7 Å². The van der Waals surface area contributed by atoms with E-state index >= 15 is 0 Å². The number of aromatic nitrogens is 5. The second-order valence-corrected chi connectivity index (χ2v) is 6.41. The van der Waals surface area contributed by atoms with Gasteiger partial charge in [0.15, 0.2) is 5.82 Å². The fourth-order valence-corrected chi connectivity index (χ4v) is 3.16. The van der Waals surface area contributed by atoms with E-state index in [1.165, 1.54) is 0 Å². The van der Waals surface area contributed by atoms with E-state index in [1.807, 2.05) is 17.8 Å². The number of aryl methyl sites for hydroxylation is 1. The molecule has 1 aromatic carbocycles. The van der Waals surface area contributed by atoms with E-state index in [4.69, 9.17) is 11.6 Å². The number of halogens is 1. The van der Waals surface area contributed by atoms with Gasteiger partial charge in [-0.25, -0.2) is 4.98 Å². The summed E-state index contributed by atoms with van der Waals surface area (Å²) in [7, 11) is 1.94. The Kier molecular flexibility index (Phi) is 3.74. The molecule has 124 valence electrons. The number of fused-ring (bicyclic) bond motifs is 1. The van der Waals surface area contributed by atoms with Crippen LogP contribution < -0.4 is 0 Å². The average molecular weight is 345 g/mol. The average Bonchev–Trinajstić information content (AvgIpc) is 3.16. The lowest BCUT2D eigenvalue weighted by molar-refractivity contribution is 0.209. The first-order valence-electron chi connectivity index (χ1n) is 7.70. The van der Waals surface area contributed by atoms with E-state index in [-0.39, 0.29) is 5.75 Å². The topological polar surface area (TPSA) is 72.0 Å². The summed E-state index contributed by atoms with van der Waals surface area (Å²) in [5.74, 6) is 1.95. The number of hydrogen-bond donors (Lipinski definition) is 1. The lowest BCUT2D eigenvalue weighted by Crippen LogP contribution is -2.33. The third-order valence-corrected chi connectivity index (χ3v) is 4.56. The molecule has 0 amide bonds. The van der Waals surface area contributed by atoms with Crippen LogP contribution in [0.15, 0.2) is 30.7 Å². The zero-order chi connectivity index (χ0) is 16.7. The van der Waals surface area contributed by atoms with Crippen LogP contribution in [0.4, 0.5) is 0 Å². The second kappa shape index (κ2) is 5.92. The van der Waals surface area contributed by atoms with Gasteiger partial charge in [-0.1, -0.05) is 11.6 Å². The fraction of sp³-hybridized carbons (Fsp3) is 0.312. The molecule has 4 rings (SSSR count). The zero-order valence-electron chi connectivity index (χ0n) is 13.2. The van der Waals surface area contributed by atoms with Crippen molar-refractivity contribution >= 4 is 11.6 Å². The molecule has 0 saturated heterocycles. The molecule has 1 aliphatic heterocycles. The van der Waals surface area contributed by atoms with Crippen molar-refractivity contribution in [1.29, 1.82) is 0 Å². The summed E-state index contributed by atoms with van der Waals surface area (Å²) in [6, 6.07) is 5.02. The molecule has 1 N–H and O–H groups in total. The maximum absolute atomic E-state index is 9.64. The van der Waals surface area contributed by atoms with Crippen LogP contribution in [0, 0.1) is 0 Å². The minimum atomic E-state index is 0.229. The van der Waals surface area contributed by atoms with Crippen LogP contribution in [-0.4, -0.2) is 40.9 Å². The van der Waals surface area contributed by atoms with Gasteiger partial charge in [0.05, 0.1) is 12.9 Å². The fourth-order valence-electron chi connectivity index (χ4n) is 2.98. The summed E-state index contributed by atoms with van der Waals surface area (Å²) in [6.45, 7) is 3.01. The molecule has 1 aliphatic rings. The number of rotatable bonds is 3. The summed E-state index contributed by atoms with van der Waals surface area (Å²) >= 11 is 6.22. The molecule has 0 bridgehead atoms. The molecule has 0 radical (unpaired) electrons. The van der Waals surface area contributed by atoms with Crippen molar-refractivity contribution < 1.29 is 5.11 Å². The van der Waals surface area contributed by atoms with E-state index in [9.17, 15) is 5.11 Å². The highest BCUT2D eigenvalue weighted by molar-refractivity contribution is 6.31. The third kappa shape index (κ3) is 2.76. The maximum atomic E-state index is 9.64. The molecule has 0 unspecified atom stereocenters. The van der Waals surface area contributed by atoms with Crippen molar-refractivity contribution in [3.8, 4) is 17.3 Å². The first-order valence-corrected chi connectivity index (χ1v) is 8.08. The van der Waals surface area contributed by atoms with Gasteiger partial charge in [0, 0.05) is 37.9 Å². The van der Waals surface area contributed by atoms with E-state index in [1.54, 1.807) is 24.5 Å². The van der Waals surface area contributed by atoms with Crippen molar-refractivity contribution in [2.75, 3.05) is 6.54 Å². The van der Waals surface area contributed by atoms with E-state index < -0.39 is 0 Å². The molecule has 3 heterocycles. The minimum absolute atomic E-state index is 0.229. The summed E-state index contributed by atoms with van der Waals surface area (Å²) < 4.78 is 4.01. The molecule has 0 aliphatic carbocycles. The SMILES string of the molecule is Cn1cnc(-c2nnc3n2CCN(Cc2cc(O)ccc2Cl)C3)c1. The predicted octanol–water partition coefficient (Wildman–Crippen LogP) is 2.05. The highest BCUT2D eigenvalue weighted by atomic mass is 35.5. The third-order valence-electron chi connectivity index (χ3n) is 4.19. The van der Waals surface area contributed by atoms with Crippen LogP contribution in [0.5, 0.6) is 5.75 Å². The minimum Gasteiger partial charge on any atom is -0.508 e. The molecule has 2 aromatic heterocycles. The monoisotopic (exact) mass is 344 g/mol. The molecule has 24 heavy (non-hydrogen) atoms. The van der Waals surface area contributed by atoms with Crippen molar-refractivity contribution in [2.45, 2.75) is 19.6 Å². The summed E-state index contributed by atoms with van der Waals surface area (Å²) in [4.78, 5) is 6.60. The van der Waals surface area contributed by atoms with Gasteiger partial charge >= 0.3 is 0 Å². The normalized spacial score (nSPS) is 14.8. The Morgan fingerprint density at radius 3 is 2.92 bits per heavy atom. The number of nitrogens with zero attached hydrogens (tertiary/aromatic N) is 6. The summed E-state index contributed by atoms with van der Waals surface area (Å²) in [5.41, 5.74) is 1.75. The van der Waals surface area contributed by atoms with Crippen molar-refractivity contribution in [3.05, 3.63) is 47.1 Å². The Bertz CT molecular complexity index is 887. The maximum Gasteiger partial charge on any atom is 0.184 e. The van der Waals surface area contributed by atoms with Crippen molar-refractivity contribution in [1.82, 2.24) is 29.2 Å². The van der Waals surface area contributed by atoms with E-state index in [2.05, 4.69) is 24.6 Å². The molecule has 7 nitrogen and oxygen atoms in total. The van der Waals surface area contributed by atoms with Gasteiger partial charge in [0.2, 0.25) is 0 Å². The quantitative estimate of drug-likeness (QED) is 0.787. The number of hydrogen-bond acceptors (Lipinski definition) is 5. The van der Waals surface area contributed by atoms with Gasteiger partial charge in [-0.2, -0.15) is 0 Å². The molecular weight excluding hydrogens is 328 g/mol. The van der Waals surface area contributed by atoms with Crippen molar-refractivity contribution in [3.63, 3.8) is 0 Å². The standard InChI is InChI=1S/C16H17ClN6O/c1-21-8-14(18-10-21)16-20-19-15-9-22(4-5-23(15)16)7-11-6-12(24)2-3-13(11)17/h2-3,6,8,10,24H,4-5,7,9H2,1H3. The van der Waals surface area contributed by atoms with Gasteiger partial charge < -0.3 is 14.2 Å². The number of benzene rings is 1. The second-order valence-electron chi connectivity index (χ2n) is 6.00. The van der Waals surface area contributed by atoms with Crippen LogP contribution in [0.2, 0.25) is 5.02 Å². The molecular formula is C16H17ClN6O. The first kappa shape index (κ1) is 15.2. The van der Waals surface area contributed by atoms with E-state index in [0.29, 0.717) is 18.1 Å². The molecule has 0 fully saturated rings. The number of phenolic OH excluding ortho intramolecular Hbond substituents is 1. The molecule has 0 spiro atoms. The molecule has 8 heteroatoms. The lowest BCUT2D eigenvalue weighted by atomic mass is 10.2. The highest BCUT2D eigenvalue weighted by Gasteiger charge is 2.23. The lowest BCUT2D eigenvalue weighted by Gasteiger charge is -2.27. The van der Waals surface area contributed by atoms with Crippen molar-refractivity contribution in [2.24, 2.45) is 7.05 Å². The zero-order valence-corrected chi connectivity index (χ0v) is 14.0. The van der Waals surface area contributed by atoms with E-state index in [0.717, 1.165) is 36.0 Å². The van der Waals surface area contributed by atoms with Gasteiger partial charge in [-0.15, -0.1) is 10.2 Å².